The summed E-state index contributed by atoms with van der Waals surface area (Å²) in [6, 6.07) is 6.61. The monoisotopic (exact) mass is 370 g/mol. The van der Waals surface area contributed by atoms with E-state index in [1.165, 1.54) is 13.2 Å². The number of carbonyl (C=O) groups excluding carboxylic acids is 1. The molecule has 6 heteroatoms. The molecular weight excluding hydrogens is 344 g/mol. The van der Waals surface area contributed by atoms with E-state index >= 15 is 0 Å². The Labute approximate surface area is 159 Å². The number of methoxy groups -OCH3 is 1. The van der Waals surface area contributed by atoms with Crippen LogP contribution in [0, 0.1) is 15.5 Å². The van der Waals surface area contributed by atoms with E-state index in [0.717, 1.165) is 41.8 Å². The summed E-state index contributed by atoms with van der Waals surface area (Å²) in [5.74, 6) is -0.700. The molecule has 1 atom stereocenters. The Kier molecular flexibility index (Phi) is 5.09. The third-order valence-electron chi connectivity index (χ3n) is 5.55. The molecule has 0 saturated heterocycles. The van der Waals surface area contributed by atoms with Gasteiger partial charge in [0, 0.05) is 29.4 Å². The molecule has 3 rings (SSSR count). The maximum Gasteiger partial charge on any atom is 0.336 e. The lowest BCUT2D eigenvalue weighted by atomic mass is 9.68. The lowest BCUT2D eigenvalue weighted by Crippen LogP contribution is -2.35. The molecule has 0 amide bonds. The molecule has 144 valence electrons. The van der Waals surface area contributed by atoms with Crippen LogP contribution >= 0.6 is 0 Å². The van der Waals surface area contributed by atoms with E-state index in [1.807, 2.05) is 13.0 Å². The number of nitro groups is 1. The molecule has 0 radical (unpaired) electrons. The molecule has 1 aliphatic carbocycles. The molecule has 2 aliphatic rings. The number of rotatable bonds is 4. The van der Waals surface area contributed by atoms with Crippen LogP contribution in [0.2, 0.25) is 0 Å². The second-order valence-corrected chi connectivity index (χ2v) is 7.99. The zero-order chi connectivity index (χ0) is 19.8. The minimum Gasteiger partial charge on any atom is -0.466 e. The molecule has 0 fully saturated rings. The van der Waals surface area contributed by atoms with Crippen molar-refractivity contribution in [3.8, 4) is 0 Å². The fourth-order valence-corrected chi connectivity index (χ4v) is 4.17. The highest BCUT2D eigenvalue weighted by Gasteiger charge is 2.40. The SMILES string of the molecule is CCC1=C(C(=O)OC)C(c2cccc([N+](=O)[O-])c2)C2=C(CCC(C)(C)C2)N1. The number of nitrogens with zero attached hydrogens (tertiary/aromatic N) is 1. The Morgan fingerprint density at radius 3 is 2.78 bits per heavy atom. The fraction of sp³-hybridized carbons (Fsp3) is 0.476. The Balaban J connectivity index is 2.20. The standard InChI is InChI=1S/C21H26N2O4/c1-5-16-19(20(24)27-4)18(13-7-6-8-14(11-13)23(25)26)15-12-21(2,3)10-9-17(15)22-16/h6-8,11,18,22H,5,9-10,12H2,1-4H3. The topological polar surface area (TPSA) is 81.5 Å². The molecule has 1 unspecified atom stereocenters. The first-order valence-electron chi connectivity index (χ1n) is 9.32. The van der Waals surface area contributed by atoms with Gasteiger partial charge in [0.25, 0.3) is 5.69 Å². The number of carbonyl (C=O) groups is 1. The second kappa shape index (κ2) is 7.18. The maximum atomic E-state index is 12.7. The molecule has 6 nitrogen and oxygen atoms in total. The predicted octanol–water partition coefficient (Wildman–Crippen LogP) is 4.58. The molecule has 1 heterocycles. The van der Waals surface area contributed by atoms with E-state index in [2.05, 4.69) is 19.2 Å². The first kappa shape index (κ1) is 19.1. The van der Waals surface area contributed by atoms with Crippen molar-refractivity contribution >= 4 is 11.7 Å². The van der Waals surface area contributed by atoms with Gasteiger partial charge < -0.3 is 10.1 Å². The van der Waals surface area contributed by atoms with Gasteiger partial charge in [0.15, 0.2) is 0 Å². The molecule has 1 aliphatic heterocycles. The molecule has 0 aromatic heterocycles. The molecule has 0 bridgehead atoms. The van der Waals surface area contributed by atoms with Gasteiger partial charge in [-0.3, -0.25) is 10.1 Å². The lowest BCUT2D eigenvalue weighted by molar-refractivity contribution is -0.384. The number of benzene rings is 1. The zero-order valence-corrected chi connectivity index (χ0v) is 16.3. The number of non-ortho nitro benzene ring substituents is 1. The third kappa shape index (κ3) is 3.61. The summed E-state index contributed by atoms with van der Waals surface area (Å²) in [7, 11) is 1.38. The van der Waals surface area contributed by atoms with Gasteiger partial charge in [-0.05, 0) is 42.2 Å². The summed E-state index contributed by atoms with van der Waals surface area (Å²) in [6.07, 6.45) is 3.47. The summed E-state index contributed by atoms with van der Waals surface area (Å²) < 4.78 is 5.09. The van der Waals surface area contributed by atoms with Crippen LogP contribution in [0.4, 0.5) is 5.69 Å². The van der Waals surface area contributed by atoms with Crippen molar-refractivity contribution in [3.05, 3.63) is 62.5 Å². The average Bonchev–Trinajstić information content (AvgIpc) is 2.65. The predicted molar refractivity (Wildman–Crippen MR) is 103 cm³/mol. The Morgan fingerprint density at radius 2 is 2.15 bits per heavy atom. The van der Waals surface area contributed by atoms with Crippen molar-refractivity contribution in [2.24, 2.45) is 5.41 Å². The summed E-state index contributed by atoms with van der Waals surface area (Å²) in [5.41, 5.74) is 4.62. The van der Waals surface area contributed by atoms with Crippen LogP contribution in [0.1, 0.15) is 57.9 Å². The van der Waals surface area contributed by atoms with Crippen molar-refractivity contribution in [2.75, 3.05) is 7.11 Å². The van der Waals surface area contributed by atoms with Crippen molar-refractivity contribution in [1.29, 1.82) is 0 Å². The Bertz CT molecular complexity index is 851. The number of hydrogen-bond acceptors (Lipinski definition) is 5. The van der Waals surface area contributed by atoms with Crippen LogP contribution < -0.4 is 5.32 Å². The van der Waals surface area contributed by atoms with E-state index < -0.39 is 4.92 Å². The number of ether oxygens (including phenoxy) is 1. The van der Waals surface area contributed by atoms with Crippen LogP contribution in [0.25, 0.3) is 0 Å². The fourth-order valence-electron chi connectivity index (χ4n) is 4.17. The van der Waals surface area contributed by atoms with Gasteiger partial charge >= 0.3 is 5.97 Å². The van der Waals surface area contributed by atoms with Crippen molar-refractivity contribution in [3.63, 3.8) is 0 Å². The molecule has 1 aromatic rings. The van der Waals surface area contributed by atoms with Gasteiger partial charge in [0.05, 0.1) is 17.6 Å². The van der Waals surface area contributed by atoms with Gasteiger partial charge in [-0.25, -0.2) is 4.79 Å². The second-order valence-electron chi connectivity index (χ2n) is 7.99. The number of nitro benzene ring substituents is 1. The van der Waals surface area contributed by atoms with Gasteiger partial charge in [-0.15, -0.1) is 0 Å². The van der Waals surface area contributed by atoms with E-state index in [0.29, 0.717) is 12.0 Å². The van der Waals surface area contributed by atoms with E-state index in [-0.39, 0.29) is 23.0 Å². The minimum absolute atomic E-state index is 0.0329. The number of allylic oxidation sites excluding steroid dienone is 3. The highest BCUT2D eigenvalue weighted by Crippen LogP contribution is 2.49. The molecular formula is C21H26N2O4. The summed E-state index contributed by atoms with van der Waals surface area (Å²) in [4.78, 5) is 23.6. The quantitative estimate of drug-likeness (QED) is 0.476. The number of nitrogens with one attached hydrogen (secondary N) is 1. The number of dihydropyridines is 1. The van der Waals surface area contributed by atoms with Crippen LogP contribution in [0.5, 0.6) is 0 Å². The minimum atomic E-state index is -0.396. The molecule has 0 spiro atoms. The van der Waals surface area contributed by atoms with Crippen LogP contribution in [-0.4, -0.2) is 18.0 Å². The van der Waals surface area contributed by atoms with Crippen LogP contribution in [0.3, 0.4) is 0 Å². The van der Waals surface area contributed by atoms with Gasteiger partial charge in [0.1, 0.15) is 0 Å². The summed E-state index contributed by atoms with van der Waals surface area (Å²) in [6.45, 7) is 6.43. The highest BCUT2D eigenvalue weighted by atomic mass is 16.6. The van der Waals surface area contributed by atoms with Crippen molar-refractivity contribution < 1.29 is 14.5 Å². The normalized spacial score (nSPS) is 21.4. The summed E-state index contributed by atoms with van der Waals surface area (Å²) in [5, 5.41) is 14.8. The van der Waals surface area contributed by atoms with E-state index in [1.54, 1.807) is 12.1 Å². The Morgan fingerprint density at radius 1 is 1.41 bits per heavy atom. The largest absolute Gasteiger partial charge is 0.466 e. The van der Waals surface area contributed by atoms with Gasteiger partial charge in [-0.1, -0.05) is 32.9 Å². The molecule has 27 heavy (non-hydrogen) atoms. The van der Waals surface area contributed by atoms with E-state index in [4.69, 9.17) is 4.74 Å². The number of hydrogen-bond donors (Lipinski definition) is 1. The van der Waals surface area contributed by atoms with Gasteiger partial charge in [0.2, 0.25) is 0 Å². The smallest absolute Gasteiger partial charge is 0.336 e. The van der Waals surface area contributed by atoms with Crippen molar-refractivity contribution in [2.45, 2.75) is 52.4 Å². The maximum absolute atomic E-state index is 12.7. The summed E-state index contributed by atoms with van der Waals surface area (Å²) >= 11 is 0. The third-order valence-corrected chi connectivity index (χ3v) is 5.55. The lowest BCUT2D eigenvalue weighted by Gasteiger charge is -2.41. The molecule has 0 saturated carbocycles. The van der Waals surface area contributed by atoms with Crippen LogP contribution in [0.15, 0.2) is 46.8 Å². The Hall–Kier alpha value is -2.63. The molecule has 1 N–H and O–H groups in total. The first-order valence-corrected chi connectivity index (χ1v) is 9.32. The van der Waals surface area contributed by atoms with Crippen LogP contribution in [-0.2, 0) is 9.53 Å². The highest BCUT2D eigenvalue weighted by molar-refractivity contribution is 5.92. The molecule has 1 aromatic carbocycles. The van der Waals surface area contributed by atoms with Crippen molar-refractivity contribution in [1.82, 2.24) is 5.32 Å². The average molecular weight is 370 g/mol. The van der Waals surface area contributed by atoms with E-state index in [9.17, 15) is 14.9 Å². The zero-order valence-electron chi connectivity index (χ0n) is 16.3. The number of esters is 1. The first-order chi connectivity index (χ1) is 12.8. The van der Waals surface area contributed by atoms with Gasteiger partial charge in [-0.2, -0.15) is 0 Å².